The van der Waals surface area contributed by atoms with E-state index in [0.29, 0.717) is 38.6 Å². The van der Waals surface area contributed by atoms with Gasteiger partial charge in [0.05, 0.1) is 17.3 Å². The maximum absolute atomic E-state index is 13.9. The second-order valence-corrected chi connectivity index (χ2v) is 14.7. The fourth-order valence-electron chi connectivity index (χ4n) is 6.12. The van der Waals surface area contributed by atoms with Crippen molar-refractivity contribution < 1.29 is 32.7 Å². The Bertz CT molecular complexity index is 1080. The van der Waals surface area contributed by atoms with Crippen molar-refractivity contribution in [3.63, 3.8) is 0 Å². The first-order chi connectivity index (χ1) is 19.8. The van der Waals surface area contributed by atoms with Gasteiger partial charge in [-0.25, -0.2) is 9.00 Å². The van der Waals surface area contributed by atoms with Gasteiger partial charge in [-0.2, -0.15) is 0 Å². The molecule has 42 heavy (non-hydrogen) atoms. The highest BCUT2D eigenvalue weighted by atomic mass is 32.2. The summed E-state index contributed by atoms with van der Waals surface area (Å²) >= 11 is -2.09. The standard InChI is InChI=1S/C29H47N5O7S/c1-28(2,3)23(32-27(39)33-29(17-42(40)41)13-5-4-6-14-29)26(38)34-15-7-8-21(34)24(36)31-20(16-18-9-10-18)22(35)25(37)30-19-11-12-19/h18-21,23H,4-17H2,1-3H3,(H,30,37)(H,31,36)(H,40,41)(H2,32,33,39)/t20?,21-,23+/m0/s1. The molecule has 4 fully saturated rings. The molecule has 1 aliphatic heterocycles. The van der Waals surface area contributed by atoms with Crippen molar-refractivity contribution in [2.24, 2.45) is 11.3 Å². The summed E-state index contributed by atoms with van der Waals surface area (Å²) in [5, 5.41) is 11.2. The molecule has 4 aliphatic rings. The molecule has 236 valence electrons. The van der Waals surface area contributed by atoms with Crippen molar-refractivity contribution >= 4 is 40.6 Å². The van der Waals surface area contributed by atoms with Crippen LogP contribution in [0.2, 0.25) is 0 Å². The molecule has 2 unspecified atom stereocenters. The lowest BCUT2D eigenvalue weighted by molar-refractivity contribution is -0.144. The average molecular weight is 610 g/mol. The molecule has 3 saturated carbocycles. The summed E-state index contributed by atoms with van der Waals surface area (Å²) in [6, 6.07) is -3.30. The molecule has 0 aromatic rings. The lowest BCUT2D eigenvalue weighted by Crippen LogP contribution is -2.63. The summed E-state index contributed by atoms with van der Waals surface area (Å²) in [6.07, 6.45) is 8.80. The summed E-state index contributed by atoms with van der Waals surface area (Å²) in [4.78, 5) is 67.6. The third-order valence-electron chi connectivity index (χ3n) is 8.85. The highest BCUT2D eigenvalue weighted by Gasteiger charge is 2.44. The topological polar surface area (TPSA) is 174 Å². The summed E-state index contributed by atoms with van der Waals surface area (Å²) < 4.78 is 21.3. The van der Waals surface area contributed by atoms with Gasteiger partial charge in [0.15, 0.2) is 11.1 Å². The van der Waals surface area contributed by atoms with Crippen LogP contribution in [0.4, 0.5) is 4.79 Å². The van der Waals surface area contributed by atoms with Crippen LogP contribution < -0.4 is 21.3 Å². The van der Waals surface area contributed by atoms with E-state index in [9.17, 15) is 32.7 Å². The van der Waals surface area contributed by atoms with Crippen molar-refractivity contribution in [3.8, 4) is 0 Å². The van der Waals surface area contributed by atoms with Crippen LogP contribution >= 0.6 is 0 Å². The highest BCUT2D eigenvalue weighted by Crippen LogP contribution is 2.34. The number of urea groups is 1. The molecule has 1 saturated heterocycles. The van der Waals surface area contributed by atoms with Gasteiger partial charge in [0, 0.05) is 12.6 Å². The van der Waals surface area contributed by atoms with Crippen molar-refractivity contribution in [3.05, 3.63) is 0 Å². The fourth-order valence-corrected chi connectivity index (χ4v) is 6.96. The summed E-state index contributed by atoms with van der Waals surface area (Å²) in [5.74, 6) is -1.99. The molecule has 0 spiro atoms. The Hall–Kier alpha value is -2.54. The number of nitrogens with one attached hydrogen (secondary N) is 4. The van der Waals surface area contributed by atoms with Crippen LogP contribution in [0.25, 0.3) is 0 Å². The predicted octanol–water partition coefficient (Wildman–Crippen LogP) is 1.75. The quantitative estimate of drug-likeness (QED) is 0.166. The molecule has 5 amide bonds. The van der Waals surface area contributed by atoms with E-state index in [1.54, 1.807) is 0 Å². The highest BCUT2D eigenvalue weighted by molar-refractivity contribution is 7.79. The third-order valence-corrected chi connectivity index (χ3v) is 9.65. The van der Waals surface area contributed by atoms with Crippen LogP contribution in [-0.2, 0) is 30.3 Å². The number of carbonyl (C=O) groups excluding carboxylic acids is 5. The fraction of sp³-hybridized carbons (Fsp3) is 0.828. The Labute approximate surface area is 250 Å². The van der Waals surface area contributed by atoms with E-state index in [-0.39, 0.29) is 17.7 Å². The number of hydrogen-bond donors (Lipinski definition) is 5. The number of ketones is 1. The van der Waals surface area contributed by atoms with Crippen LogP contribution in [0.15, 0.2) is 0 Å². The van der Waals surface area contributed by atoms with Gasteiger partial charge < -0.3 is 30.7 Å². The molecule has 0 aromatic heterocycles. The number of nitrogens with zero attached hydrogens (tertiary/aromatic N) is 1. The smallest absolute Gasteiger partial charge is 0.315 e. The lowest BCUT2D eigenvalue weighted by atomic mass is 9.83. The first-order valence-electron chi connectivity index (χ1n) is 15.4. The van der Waals surface area contributed by atoms with Crippen molar-refractivity contribution in [2.45, 2.75) is 128 Å². The molecule has 5 N–H and O–H groups in total. The maximum Gasteiger partial charge on any atom is 0.315 e. The van der Waals surface area contributed by atoms with E-state index in [4.69, 9.17) is 0 Å². The van der Waals surface area contributed by atoms with Crippen LogP contribution in [0.5, 0.6) is 0 Å². The van der Waals surface area contributed by atoms with E-state index in [0.717, 1.165) is 44.9 Å². The van der Waals surface area contributed by atoms with E-state index in [1.165, 1.54) is 4.90 Å². The summed E-state index contributed by atoms with van der Waals surface area (Å²) in [7, 11) is 0. The summed E-state index contributed by atoms with van der Waals surface area (Å²) in [6.45, 7) is 5.79. The van der Waals surface area contributed by atoms with Crippen molar-refractivity contribution in [2.75, 3.05) is 12.3 Å². The van der Waals surface area contributed by atoms with Crippen LogP contribution in [0.1, 0.15) is 97.8 Å². The van der Waals surface area contributed by atoms with E-state index >= 15 is 0 Å². The minimum absolute atomic E-state index is 0.0273. The number of amides is 5. The zero-order chi connectivity index (χ0) is 30.7. The Kier molecular flexibility index (Phi) is 10.3. The van der Waals surface area contributed by atoms with Gasteiger partial charge in [-0.15, -0.1) is 0 Å². The van der Waals surface area contributed by atoms with E-state index in [2.05, 4.69) is 21.3 Å². The van der Waals surface area contributed by atoms with Gasteiger partial charge in [-0.3, -0.25) is 19.2 Å². The normalized spacial score (nSPS) is 24.2. The Morgan fingerprint density at radius 1 is 0.952 bits per heavy atom. The van der Waals surface area contributed by atoms with Gasteiger partial charge in [-0.1, -0.05) is 52.9 Å². The Morgan fingerprint density at radius 2 is 1.62 bits per heavy atom. The molecule has 3 aliphatic carbocycles. The molecule has 13 heteroatoms. The minimum Gasteiger partial charge on any atom is -0.347 e. The third kappa shape index (κ3) is 8.75. The number of rotatable bonds is 12. The molecule has 1 heterocycles. The Morgan fingerprint density at radius 3 is 2.19 bits per heavy atom. The Balaban J connectivity index is 1.43. The van der Waals surface area contributed by atoms with Gasteiger partial charge in [0.2, 0.25) is 17.6 Å². The SMILES string of the molecule is CC(C)(C)[C@H](NC(=O)NC1(CS(=O)O)CCCCC1)C(=O)N1CCC[C@H]1C(=O)NC(CC1CC1)C(=O)C(=O)NC1CC1. The molecule has 0 bridgehead atoms. The van der Waals surface area contributed by atoms with Gasteiger partial charge in [-0.05, 0) is 56.3 Å². The first-order valence-corrected chi connectivity index (χ1v) is 16.7. The monoisotopic (exact) mass is 609 g/mol. The first kappa shape index (κ1) is 32.4. The van der Waals surface area contributed by atoms with Crippen molar-refractivity contribution in [1.29, 1.82) is 0 Å². The van der Waals surface area contributed by atoms with Gasteiger partial charge in [0.25, 0.3) is 5.91 Å². The predicted molar refractivity (Wildman–Crippen MR) is 157 cm³/mol. The van der Waals surface area contributed by atoms with E-state index in [1.807, 2.05) is 20.8 Å². The lowest BCUT2D eigenvalue weighted by Gasteiger charge is -2.39. The molecule has 4 rings (SSSR count). The molecule has 12 nitrogen and oxygen atoms in total. The molecular formula is C29H47N5O7S. The summed E-state index contributed by atoms with van der Waals surface area (Å²) in [5.41, 5.74) is -1.53. The molecule has 0 aromatic carbocycles. The van der Waals surface area contributed by atoms with Crippen LogP contribution in [0.3, 0.4) is 0 Å². The number of carbonyl (C=O) groups is 5. The molecule has 0 radical (unpaired) electrons. The van der Waals surface area contributed by atoms with Gasteiger partial charge >= 0.3 is 6.03 Å². The van der Waals surface area contributed by atoms with Crippen molar-refractivity contribution in [1.82, 2.24) is 26.2 Å². The number of Topliss-reactive ketones (excluding diaryl/α,β-unsaturated/α-hetero) is 1. The maximum atomic E-state index is 13.9. The molecular weight excluding hydrogens is 562 g/mol. The van der Waals surface area contributed by atoms with Crippen LogP contribution in [0, 0.1) is 11.3 Å². The van der Waals surface area contributed by atoms with Crippen LogP contribution in [-0.4, -0.2) is 85.2 Å². The second-order valence-electron chi connectivity index (χ2n) is 13.7. The number of likely N-dealkylation sites (tertiary alicyclic amines) is 1. The average Bonchev–Trinajstić information content (AvgIpc) is 3.84. The zero-order valence-corrected chi connectivity index (χ0v) is 25.9. The zero-order valence-electron chi connectivity index (χ0n) is 25.0. The molecule has 4 atom stereocenters. The van der Waals surface area contributed by atoms with E-state index < -0.39 is 69.7 Å². The largest absolute Gasteiger partial charge is 0.347 e. The second kappa shape index (κ2) is 13.4. The minimum atomic E-state index is -2.09. The van der Waals surface area contributed by atoms with Gasteiger partial charge in [0.1, 0.15) is 12.1 Å². The number of hydrogen-bond acceptors (Lipinski definition) is 6.